The van der Waals surface area contributed by atoms with Crippen LogP contribution in [0.5, 0.6) is 0 Å². The summed E-state index contributed by atoms with van der Waals surface area (Å²) in [5, 5.41) is 7.47. The number of ether oxygens (including phenoxy) is 1. The van der Waals surface area contributed by atoms with Crippen molar-refractivity contribution in [3.05, 3.63) is 66.5 Å². The molecule has 4 aromatic rings. The van der Waals surface area contributed by atoms with Gasteiger partial charge in [0.25, 0.3) is 5.91 Å². The maximum Gasteiger partial charge on any atom is 0.277 e. The second-order valence-electron chi connectivity index (χ2n) is 7.52. The Morgan fingerprint density at radius 1 is 1.06 bits per heavy atom. The average molecular weight is 463 g/mol. The SMILES string of the molecule is CS(=O)c1ccccc1-c1ccc2ncc(C(=O)Nc3cccc(N4CCOCC4)n3)n2n1. The monoisotopic (exact) mass is 462 g/mol. The van der Waals surface area contributed by atoms with Crippen LogP contribution in [-0.2, 0) is 15.5 Å². The summed E-state index contributed by atoms with van der Waals surface area (Å²) >= 11 is 0. The van der Waals surface area contributed by atoms with Crippen molar-refractivity contribution in [1.82, 2.24) is 19.6 Å². The Balaban J connectivity index is 1.44. The van der Waals surface area contributed by atoms with E-state index in [2.05, 4.69) is 25.3 Å². The first-order chi connectivity index (χ1) is 16.1. The molecule has 10 heteroatoms. The number of aromatic nitrogens is 4. The van der Waals surface area contributed by atoms with Crippen LogP contribution >= 0.6 is 0 Å². The van der Waals surface area contributed by atoms with Crippen molar-refractivity contribution in [1.29, 1.82) is 0 Å². The van der Waals surface area contributed by atoms with Gasteiger partial charge in [0, 0.05) is 29.8 Å². The molecule has 3 aromatic heterocycles. The van der Waals surface area contributed by atoms with Crippen LogP contribution in [0.1, 0.15) is 10.5 Å². The van der Waals surface area contributed by atoms with E-state index in [0.717, 1.165) is 24.5 Å². The predicted molar refractivity (Wildman–Crippen MR) is 126 cm³/mol. The molecule has 1 aromatic carbocycles. The number of carbonyl (C=O) groups excluding carboxylic acids is 1. The van der Waals surface area contributed by atoms with Crippen molar-refractivity contribution >= 4 is 34.0 Å². The van der Waals surface area contributed by atoms with Gasteiger partial charge in [-0.15, -0.1) is 0 Å². The maximum absolute atomic E-state index is 13.1. The fourth-order valence-corrected chi connectivity index (χ4v) is 4.50. The Labute approximate surface area is 192 Å². The molecule has 1 unspecified atom stereocenters. The summed E-state index contributed by atoms with van der Waals surface area (Å²) in [5.41, 5.74) is 2.17. The highest BCUT2D eigenvalue weighted by Gasteiger charge is 2.18. The first-order valence-corrected chi connectivity index (χ1v) is 12.0. The smallest absolute Gasteiger partial charge is 0.277 e. The third-order valence-corrected chi connectivity index (χ3v) is 6.35. The summed E-state index contributed by atoms with van der Waals surface area (Å²) in [6.45, 7) is 2.83. The predicted octanol–water partition coefficient (Wildman–Crippen LogP) is 2.62. The largest absolute Gasteiger partial charge is 0.378 e. The number of imidazole rings is 1. The van der Waals surface area contributed by atoms with Crippen LogP contribution in [0.3, 0.4) is 0 Å². The standard InChI is InChI=1S/C23H22N6O3S/c1-33(31)19-6-3-2-5-16(19)17-9-10-21-24-15-18(29(21)27-17)23(30)26-20-7-4-8-22(25-20)28-11-13-32-14-12-28/h2-10,15H,11-14H2,1H3,(H,25,26,30). The Bertz CT molecular complexity index is 1350. The molecule has 0 bridgehead atoms. The zero-order valence-corrected chi connectivity index (χ0v) is 18.8. The highest BCUT2D eigenvalue weighted by molar-refractivity contribution is 7.84. The number of rotatable bonds is 5. The van der Waals surface area contributed by atoms with Gasteiger partial charge < -0.3 is 15.0 Å². The molecule has 1 amide bonds. The van der Waals surface area contributed by atoms with Crippen molar-refractivity contribution in [2.75, 3.05) is 42.8 Å². The molecule has 0 spiro atoms. The highest BCUT2D eigenvalue weighted by atomic mass is 32.2. The van der Waals surface area contributed by atoms with Crippen LogP contribution in [-0.4, -0.2) is 62.3 Å². The molecule has 1 atom stereocenters. The molecule has 1 aliphatic heterocycles. The normalized spacial score (nSPS) is 14.9. The van der Waals surface area contributed by atoms with E-state index in [1.807, 2.05) is 42.5 Å². The molecule has 9 nitrogen and oxygen atoms in total. The van der Waals surface area contributed by atoms with E-state index in [1.165, 1.54) is 10.7 Å². The fraction of sp³-hybridized carbons (Fsp3) is 0.217. The lowest BCUT2D eigenvalue weighted by Crippen LogP contribution is -2.36. The molecule has 5 rings (SSSR count). The van der Waals surface area contributed by atoms with Gasteiger partial charge in [-0.25, -0.2) is 14.5 Å². The Kier molecular flexibility index (Phi) is 5.84. The lowest BCUT2D eigenvalue weighted by atomic mass is 10.1. The van der Waals surface area contributed by atoms with Gasteiger partial charge in [0.05, 0.1) is 35.9 Å². The number of benzene rings is 1. The molecular formula is C23H22N6O3S. The summed E-state index contributed by atoms with van der Waals surface area (Å²) < 4.78 is 19.0. The first kappa shape index (κ1) is 21.2. The van der Waals surface area contributed by atoms with Crippen molar-refractivity contribution in [2.45, 2.75) is 4.90 Å². The summed E-state index contributed by atoms with van der Waals surface area (Å²) in [6.07, 6.45) is 3.11. The van der Waals surface area contributed by atoms with Crippen LogP contribution in [0.4, 0.5) is 11.6 Å². The van der Waals surface area contributed by atoms with Crippen LogP contribution in [0.15, 0.2) is 65.7 Å². The number of carbonyl (C=O) groups is 1. The average Bonchev–Trinajstić information content (AvgIpc) is 3.28. The summed E-state index contributed by atoms with van der Waals surface area (Å²) in [6, 6.07) is 16.5. The van der Waals surface area contributed by atoms with Gasteiger partial charge in [-0.05, 0) is 30.3 Å². The second-order valence-corrected chi connectivity index (χ2v) is 8.86. The van der Waals surface area contributed by atoms with E-state index in [9.17, 15) is 9.00 Å². The van der Waals surface area contributed by atoms with Crippen molar-refractivity contribution in [3.8, 4) is 11.3 Å². The second kappa shape index (κ2) is 9.08. The topological polar surface area (TPSA) is 102 Å². The number of hydrogen-bond acceptors (Lipinski definition) is 7. The van der Waals surface area contributed by atoms with E-state index >= 15 is 0 Å². The van der Waals surface area contributed by atoms with E-state index in [4.69, 9.17) is 4.74 Å². The first-order valence-electron chi connectivity index (χ1n) is 10.5. The van der Waals surface area contributed by atoms with Gasteiger partial charge in [0.1, 0.15) is 11.6 Å². The summed E-state index contributed by atoms with van der Waals surface area (Å²) in [5.74, 6) is 0.867. The number of fused-ring (bicyclic) bond motifs is 1. The molecule has 1 aliphatic rings. The molecule has 0 aliphatic carbocycles. The fourth-order valence-electron chi connectivity index (χ4n) is 3.74. The zero-order chi connectivity index (χ0) is 22.8. The minimum atomic E-state index is -1.17. The van der Waals surface area contributed by atoms with E-state index < -0.39 is 10.8 Å². The third kappa shape index (κ3) is 4.35. The Morgan fingerprint density at radius 2 is 1.88 bits per heavy atom. The molecule has 4 heterocycles. The molecule has 1 saturated heterocycles. The number of pyridine rings is 1. The van der Waals surface area contributed by atoms with Crippen LogP contribution < -0.4 is 10.2 Å². The van der Waals surface area contributed by atoms with Crippen LogP contribution in [0.25, 0.3) is 16.9 Å². The maximum atomic E-state index is 13.1. The van der Waals surface area contributed by atoms with Gasteiger partial charge in [-0.3, -0.25) is 9.00 Å². The van der Waals surface area contributed by atoms with Crippen LogP contribution in [0.2, 0.25) is 0 Å². The lowest BCUT2D eigenvalue weighted by molar-refractivity contribution is 0.102. The number of morpholine rings is 1. The minimum Gasteiger partial charge on any atom is -0.378 e. The molecule has 1 N–H and O–H groups in total. The Morgan fingerprint density at radius 3 is 2.70 bits per heavy atom. The number of nitrogens with one attached hydrogen (secondary N) is 1. The lowest BCUT2D eigenvalue weighted by Gasteiger charge is -2.27. The molecular weight excluding hydrogens is 440 g/mol. The summed E-state index contributed by atoms with van der Waals surface area (Å²) in [4.78, 5) is 24.7. The molecule has 1 fully saturated rings. The van der Waals surface area contributed by atoms with Gasteiger partial charge in [-0.1, -0.05) is 24.3 Å². The van der Waals surface area contributed by atoms with Gasteiger partial charge >= 0.3 is 0 Å². The van der Waals surface area contributed by atoms with Gasteiger partial charge in [0.2, 0.25) is 0 Å². The van der Waals surface area contributed by atoms with Crippen molar-refractivity contribution in [3.63, 3.8) is 0 Å². The Hall–Kier alpha value is -3.63. The number of anilines is 2. The minimum absolute atomic E-state index is 0.278. The van der Waals surface area contributed by atoms with Crippen LogP contribution in [0, 0.1) is 0 Å². The number of amides is 1. The zero-order valence-electron chi connectivity index (χ0n) is 18.0. The molecule has 0 radical (unpaired) electrons. The quantitative estimate of drug-likeness (QED) is 0.486. The van der Waals surface area contributed by atoms with E-state index in [0.29, 0.717) is 35.3 Å². The molecule has 0 saturated carbocycles. The highest BCUT2D eigenvalue weighted by Crippen LogP contribution is 2.25. The number of nitrogens with zero attached hydrogens (tertiary/aromatic N) is 5. The summed E-state index contributed by atoms with van der Waals surface area (Å²) in [7, 11) is -1.17. The third-order valence-electron chi connectivity index (χ3n) is 5.38. The molecule has 33 heavy (non-hydrogen) atoms. The van der Waals surface area contributed by atoms with Gasteiger partial charge in [-0.2, -0.15) is 5.10 Å². The van der Waals surface area contributed by atoms with Crippen molar-refractivity contribution in [2.24, 2.45) is 0 Å². The van der Waals surface area contributed by atoms with E-state index in [1.54, 1.807) is 18.4 Å². The van der Waals surface area contributed by atoms with Gasteiger partial charge in [0.15, 0.2) is 11.3 Å². The van der Waals surface area contributed by atoms with Crippen molar-refractivity contribution < 1.29 is 13.7 Å². The van der Waals surface area contributed by atoms with E-state index in [-0.39, 0.29) is 11.6 Å². The number of hydrogen-bond donors (Lipinski definition) is 1. The molecule has 168 valence electrons.